The van der Waals surface area contributed by atoms with Crippen molar-refractivity contribution < 1.29 is 12.8 Å². The third-order valence-corrected chi connectivity index (χ3v) is 3.04. The molecule has 1 heterocycles. The Bertz CT molecular complexity index is 588. The number of halogens is 1. The minimum absolute atomic E-state index is 0.234. The first-order chi connectivity index (χ1) is 8.92. The van der Waals surface area contributed by atoms with E-state index in [0.717, 1.165) is 11.8 Å². The third-order valence-electron chi connectivity index (χ3n) is 2.48. The fourth-order valence-electron chi connectivity index (χ4n) is 1.71. The molecule has 0 unspecified atom stereocenters. The lowest BCUT2D eigenvalue weighted by Gasteiger charge is -2.26. The molecule has 1 aromatic carbocycles. The summed E-state index contributed by atoms with van der Waals surface area (Å²) in [5.74, 6) is -0.0385. The van der Waals surface area contributed by atoms with Crippen LogP contribution in [0.25, 0.3) is 0 Å². The number of aliphatic imine (C=N–C) groups is 1. The lowest BCUT2D eigenvalue weighted by Crippen LogP contribution is -2.49. The van der Waals surface area contributed by atoms with Crippen molar-refractivity contribution in [1.82, 2.24) is 14.9 Å². The molecule has 6 nitrogen and oxygen atoms in total. The largest absolute Gasteiger partial charge is 0.343 e. The van der Waals surface area contributed by atoms with Gasteiger partial charge in [0.2, 0.25) is 16.0 Å². The normalized spacial score (nSPS) is 16.6. The minimum Gasteiger partial charge on any atom is -0.343 e. The number of nitrogens with zero attached hydrogens (tertiary/aromatic N) is 2. The van der Waals surface area contributed by atoms with Gasteiger partial charge in [0.05, 0.1) is 19.6 Å². The molecular weight excluding hydrogens is 271 g/mol. The SMILES string of the molecule is CS(=O)(=O)NC1=NCN(Cc2cccc(F)c2)CN1. The molecule has 0 saturated heterocycles. The molecule has 0 aliphatic carbocycles. The summed E-state index contributed by atoms with van der Waals surface area (Å²) in [4.78, 5) is 5.98. The van der Waals surface area contributed by atoms with Crippen LogP contribution in [0.2, 0.25) is 0 Å². The fraction of sp³-hybridized carbons (Fsp3) is 0.364. The molecule has 1 aromatic rings. The predicted molar refractivity (Wildman–Crippen MR) is 70.2 cm³/mol. The molecule has 19 heavy (non-hydrogen) atoms. The number of guanidine groups is 1. The van der Waals surface area contributed by atoms with E-state index in [2.05, 4.69) is 15.0 Å². The molecule has 1 aliphatic heterocycles. The number of rotatable bonds is 3. The predicted octanol–water partition coefficient (Wildman–Crippen LogP) is 0.0511. The Balaban J connectivity index is 1.93. The van der Waals surface area contributed by atoms with Gasteiger partial charge in [0.15, 0.2) is 0 Å². The monoisotopic (exact) mass is 286 g/mol. The van der Waals surface area contributed by atoms with Crippen LogP contribution < -0.4 is 10.0 Å². The van der Waals surface area contributed by atoms with Crippen molar-refractivity contribution in [2.45, 2.75) is 6.54 Å². The molecule has 0 saturated carbocycles. The van der Waals surface area contributed by atoms with Gasteiger partial charge < -0.3 is 5.32 Å². The molecule has 1 aliphatic rings. The molecule has 0 atom stereocenters. The van der Waals surface area contributed by atoms with Crippen LogP contribution in [0.15, 0.2) is 29.3 Å². The van der Waals surface area contributed by atoms with Crippen LogP contribution in [-0.2, 0) is 16.6 Å². The zero-order valence-corrected chi connectivity index (χ0v) is 11.2. The van der Waals surface area contributed by atoms with Gasteiger partial charge in [-0.25, -0.2) is 17.8 Å². The van der Waals surface area contributed by atoms with E-state index in [-0.39, 0.29) is 11.8 Å². The summed E-state index contributed by atoms with van der Waals surface area (Å²) in [5.41, 5.74) is 0.844. The summed E-state index contributed by atoms with van der Waals surface area (Å²) >= 11 is 0. The summed E-state index contributed by atoms with van der Waals surface area (Å²) < 4.78 is 37.4. The average molecular weight is 286 g/mol. The molecule has 0 bridgehead atoms. The van der Waals surface area contributed by atoms with E-state index in [1.807, 2.05) is 11.0 Å². The molecule has 2 rings (SSSR count). The van der Waals surface area contributed by atoms with Crippen molar-refractivity contribution in [3.05, 3.63) is 35.6 Å². The molecule has 0 radical (unpaired) electrons. The molecule has 8 heteroatoms. The molecular formula is C11H15FN4O2S. The molecule has 2 N–H and O–H groups in total. The van der Waals surface area contributed by atoms with Crippen LogP contribution in [0.1, 0.15) is 5.56 Å². The first-order valence-corrected chi connectivity index (χ1v) is 7.54. The quantitative estimate of drug-likeness (QED) is 0.823. The van der Waals surface area contributed by atoms with Gasteiger partial charge >= 0.3 is 0 Å². The molecule has 104 valence electrons. The maximum atomic E-state index is 13.0. The Morgan fingerprint density at radius 1 is 1.53 bits per heavy atom. The van der Waals surface area contributed by atoms with Gasteiger partial charge in [0.1, 0.15) is 5.82 Å². The fourth-order valence-corrected chi connectivity index (χ4v) is 2.19. The first kappa shape index (κ1) is 13.8. The highest BCUT2D eigenvalue weighted by Crippen LogP contribution is 2.07. The Kier molecular flexibility index (Phi) is 4.01. The lowest BCUT2D eigenvalue weighted by atomic mass is 10.2. The molecule has 0 aromatic heterocycles. The number of benzene rings is 1. The number of nitrogens with one attached hydrogen (secondary N) is 2. The van der Waals surface area contributed by atoms with Gasteiger partial charge in [-0.2, -0.15) is 0 Å². The van der Waals surface area contributed by atoms with Crippen LogP contribution in [0, 0.1) is 5.82 Å². The molecule has 0 spiro atoms. The highest BCUT2D eigenvalue weighted by atomic mass is 32.2. The topological polar surface area (TPSA) is 73.8 Å². The Morgan fingerprint density at radius 2 is 2.32 bits per heavy atom. The summed E-state index contributed by atoms with van der Waals surface area (Å²) in [7, 11) is -3.32. The standard InChI is InChI=1S/C11H15FN4O2S/c1-19(17,18)15-11-13-7-16(8-14-11)6-9-3-2-4-10(12)5-9/h2-5H,6-8H2,1H3,(H2,13,14,15). The Morgan fingerprint density at radius 3 is 2.89 bits per heavy atom. The van der Waals surface area contributed by atoms with Crippen LogP contribution in [-0.4, -0.2) is 38.9 Å². The van der Waals surface area contributed by atoms with E-state index in [1.54, 1.807) is 6.07 Å². The van der Waals surface area contributed by atoms with Gasteiger partial charge in [-0.3, -0.25) is 9.62 Å². The van der Waals surface area contributed by atoms with Crippen LogP contribution in [0.5, 0.6) is 0 Å². The average Bonchev–Trinajstić information content (AvgIpc) is 2.30. The van der Waals surface area contributed by atoms with Crippen molar-refractivity contribution in [2.24, 2.45) is 4.99 Å². The lowest BCUT2D eigenvalue weighted by molar-refractivity contribution is 0.255. The van der Waals surface area contributed by atoms with Crippen LogP contribution >= 0.6 is 0 Å². The van der Waals surface area contributed by atoms with E-state index < -0.39 is 10.0 Å². The van der Waals surface area contributed by atoms with Crippen molar-refractivity contribution >= 4 is 16.0 Å². The second kappa shape index (κ2) is 5.54. The van der Waals surface area contributed by atoms with Crippen molar-refractivity contribution in [2.75, 3.05) is 19.6 Å². The molecule has 0 fully saturated rings. The molecule has 0 amide bonds. The van der Waals surface area contributed by atoms with Gasteiger partial charge in [-0.05, 0) is 17.7 Å². The van der Waals surface area contributed by atoms with Gasteiger partial charge in [-0.1, -0.05) is 12.1 Å². The Labute approximate surface area is 111 Å². The van der Waals surface area contributed by atoms with Crippen molar-refractivity contribution in [3.8, 4) is 0 Å². The smallest absolute Gasteiger partial charge is 0.232 e. The minimum atomic E-state index is -3.32. The summed E-state index contributed by atoms with van der Waals surface area (Å²) in [6.07, 6.45) is 1.07. The highest BCUT2D eigenvalue weighted by molar-refractivity contribution is 7.89. The van der Waals surface area contributed by atoms with E-state index in [1.165, 1.54) is 12.1 Å². The van der Waals surface area contributed by atoms with E-state index in [4.69, 9.17) is 0 Å². The van der Waals surface area contributed by atoms with Gasteiger partial charge in [0, 0.05) is 6.54 Å². The number of hydrogen-bond acceptors (Lipinski definition) is 5. The second-order valence-electron chi connectivity index (χ2n) is 4.32. The third kappa shape index (κ3) is 4.49. The second-order valence-corrected chi connectivity index (χ2v) is 6.06. The first-order valence-electron chi connectivity index (χ1n) is 5.65. The maximum Gasteiger partial charge on any atom is 0.232 e. The summed E-state index contributed by atoms with van der Waals surface area (Å²) in [6, 6.07) is 6.34. The zero-order valence-electron chi connectivity index (χ0n) is 10.4. The van der Waals surface area contributed by atoms with Gasteiger partial charge in [0.25, 0.3) is 0 Å². The van der Waals surface area contributed by atoms with E-state index >= 15 is 0 Å². The highest BCUT2D eigenvalue weighted by Gasteiger charge is 2.14. The zero-order chi connectivity index (χ0) is 13.9. The Hall–Kier alpha value is -1.67. The van der Waals surface area contributed by atoms with Gasteiger partial charge in [-0.15, -0.1) is 0 Å². The van der Waals surface area contributed by atoms with Crippen LogP contribution in [0.4, 0.5) is 4.39 Å². The van der Waals surface area contributed by atoms with Crippen LogP contribution in [0.3, 0.4) is 0 Å². The summed E-state index contributed by atoms with van der Waals surface area (Å²) in [6.45, 7) is 1.33. The number of sulfonamides is 1. The van der Waals surface area contributed by atoms with Crippen molar-refractivity contribution in [3.63, 3.8) is 0 Å². The van der Waals surface area contributed by atoms with E-state index in [9.17, 15) is 12.8 Å². The maximum absolute atomic E-state index is 13.0. The number of hydrogen-bond donors (Lipinski definition) is 2. The van der Waals surface area contributed by atoms with E-state index in [0.29, 0.717) is 19.9 Å². The van der Waals surface area contributed by atoms with Crippen molar-refractivity contribution in [1.29, 1.82) is 0 Å². The summed E-state index contributed by atoms with van der Waals surface area (Å²) in [5, 5.41) is 2.85.